The molecular weight excluding hydrogens is 350 g/mol. The second-order valence-corrected chi connectivity index (χ2v) is 7.70. The Kier molecular flexibility index (Phi) is 5.82. The molecule has 0 spiro atoms. The molecule has 0 saturated carbocycles. The summed E-state index contributed by atoms with van der Waals surface area (Å²) in [5.41, 5.74) is 2.98. The summed E-state index contributed by atoms with van der Waals surface area (Å²) in [6.45, 7) is 1.28. The maximum absolute atomic E-state index is 12.5. The minimum atomic E-state index is -3.61. The van der Waals surface area contributed by atoms with Crippen molar-refractivity contribution >= 4 is 10.0 Å². The predicted octanol–water partition coefficient (Wildman–Crippen LogP) is 2.56. The number of methoxy groups -OCH3 is 1. The molecule has 3 rings (SSSR count). The lowest BCUT2D eigenvalue weighted by molar-refractivity contribution is 0.185. The van der Waals surface area contributed by atoms with E-state index >= 15 is 0 Å². The van der Waals surface area contributed by atoms with Crippen LogP contribution in [0.2, 0.25) is 0 Å². The molecule has 0 aliphatic carbocycles. The number of ether oxygens (including phenoxy) is 1. The highest BCUT2D eigenvalue weighted by Gasteiger charge is 2.16. The number of rotatable bonds is 8. The van der Waals surface area contributed by atoms with Gasteiger partial charge in [0.1, 0.15) is 4.90 Å². The molecule has 0 atom stereocenters. The summed E-state index contributed by atoms with van der Waals surface area (Å²) in [6.07, 6.45) is 2.91. The van der Waals surface area contributed by atoms with E-state index in [1.165, 1.54) is 12.4 Å². The Morgan fingerprint density at radius 2 is 1.69 bits per heavy atom. The number of aromatic nitrogens is 2. The first kappa shape index (κ1) is 18.3. The van der Waals surface area contributed by atoms with E-state index < -0.39 is 10.0 Å². The van der Waals surface area contributed by atoms with Crippen LogP contribution in [-0.2, 0) is 34.5 Å². The molecule has 0 amide bonds. The summed E-state index contributed by atoms with van der Waals surface area (Å²) in [6, 6.07) is 17.4. The van der Waals surface area contributed by atoms with Gasteiger partial charge in [-0.2, -0.15) is 5.10 Å². The third-order valence-corrected chi connectivity index (χ3v) is 5.26. The summed E-state index contributed by atoms with van der Waals surface area (Å²) in [4.78, 5) is 0.157. The number of sulfonamides is 1. The molecule has 0 unspecified atom stereocenters. The number of nitrogens with zero attached hydrogens (tertiary/aromatic N) is 2. The molecule has 0 aliphatic heterocycles. The highest BCUT2D eigenvalue weighted by atomic mass is 32.2. The van der Waals surface area contributed by atoms with Crippen LogP contribution in [0.4, 0.5) is 0 Å². The van der Waals surface area contributed by atoms with E-state index in [9.17, 15) is 8.42 Å². The minimum absolute atomic E-state index is 0.157. The number of hydrogen-bond donors (Lipinski definition) is 1. The van der Waals surface area contributed by atoms with Crippen LogP contribution in [0.3, 0.4) is 0 Å². The molecule has 3 aromatic rings. The molecule has 7 heteroatoms. The minimum Gasteiger partial charge on any atom is -0.380 e. The third-order valence-electron chi connectivity index (χ3n) is 3.91. The van der Waals surface area contributed by atoms with Crippen molar-refractivity contribution in [1.29, 1.82) is 0 Å². The normalized spacial score (nSPS) is 11.6. The Hall–Kier alpha value is -2.48. The van der Waals surface area contributed by atoms with Gasteiger partial charge in [-0.3, -0.25) is 4.68 Å². The SMILES string of the molecule is COCc1ccc(CNS(=O)(=O)c2cnn(Cc3ccccc3)c2)cc1. The molecule has 0 radical (unpaired) electrons. The lowest BCUT2D eigenvalue weighted by Gasteiger charge is -2.06. The molecule has 0 aliphatic rings. The van der Waals surface area contributed by atoms with Crippen molar-refractivity contribution in [1.82, 2.24) is 14.5 Å². The molecule has 136 valence electrons. The van der Waals surface area contributed by atoms with E-state index in [-0.39, 0.29) is 11.4 Å². The van der Waals surface area contributed by atoms with E-state index in [0.29, 0.717) is 13.2 Å². The summed E-state index contributed by atoms with van der Waals surface area (Å²) < 4.78 is 34.2. The van der Waals surface area contributed by atoms with Crippen LogP contribution in [-0.4, -0.2) is 25.3 Å². The molecule has 1 heterocycles. The van der Waals surface area contributed by atoms with E-state index in [1.54, 1.807) is 11.8 Å². The van der Waals surface area contributed by atoms with Crippen LogP contribution in [0.5, 0.6) is 0 Å². The van der Waals surface area contributed by atoms with Crippen molar-refractivity contribution in [2.45, 2.75) is 24.6 Å². The van der Waals surface area contributed by atoms with Gasteiger partial charge in [0.05, 0.1) is 19.3 Å². The van der Waals surface area contributed by atoms with E-state index in [4.69, 9.17) is 4.74 Å². The summed E-state index contributed by atoms with van der Waals surface area (Å²) >= 11 is 0. The fraction of sp³-hybridized carbons (Fsp3) is 0.211. The molecule has 0 fully saturated rings. The summed E-state index contributed by atoms with van der Waals surface area (Å²) in [5, 5.41) is 4.15. The standard InChI is InChI=1S/C19H21N3O3S/c1-25-15-18-9-7-16(8-10-18)11-21-26(23,24)19-12-20-22(14-19)13-17-5-3-2-4-6-17/h2-10,12,14,21H,11,13,15H2,1H3. The molecule has 0 bridgehead atoms. The monoisotopic (exact) mass is 371 g/mol. The second kappa shape index (κ2) is 8.27. The predicted molar refractivity (Wildman–Crippen MR) is 99.0 cm³/mol. The summed E-state index contributed by atoms with van der Waals surface area (Å²) in [5.74, 6) is 0. The smallest absolute Gasteiger partial charge is 0.243 e. The quantitative estimate of drug-likeness (QED) is 0.660. The fourth-order valence-corrected chi connectivity index (χ4v) is 3.49. The highest BCUT2D eigenvalue weighted by Crippen LogP contribution is 2.11. The van der Waals surface area contributed by atoms with Crippen LogP contribution < -0.4 is 4.72 Å². The van der Waals surface area contributed by atoms with Gasteiger partial charge in [-0.05, 0) is 16.7 Å². The number of nitrogens with one attached hydrogen (secondary N) is 1. The maximum Gasteiger partial charge on any atom is 0.243 e. The van der Waals surface area contributed by atoms with Gasteiger partial charge in [-0.1, -0.05) is 54.6 Å². The Labute approximate surface area is 153 Å². The third kappa shape index (κ3) is 4.78. The van der Waals surface area contributed by atoms with Gasteiger partial charge in [0.15, 0.2) is 0 Å². The largest absolute Gasteiger partial charge is 0.380 e. The molecular formula is C19H21N3O3S. The lowest BCUT2D eigenvalue weighted by atomic mass is 10.1. The van der Waals surface area contributed by atoms with E-state index in [1.807, 2.05) is 54.6 Å². The first-order chi connectivity index (χ1) is 12.6. The van der Waals surface area contributed by atoms with Crippen LogP contribution in [0.1, 0.15) is 16.7 Å². The van der Waals surface area contributed by atoms with Crippen molar-refractivity contribution < 1.29 is 13.2 Å². The van der Waals surface area contributed by atoms with Gasteiger partial charge in [0.25, 0.3) is 0 Å². The van der Waals surface area contributed by atoms with Gasteiger partial charge in [0, 0.05) is 19.9 Å². The molecule has 1 N–H and O–H groups in total. The number of benzene rings is 2. The Morgan fingerprint density at radius 1 is 1.00 bits per heavy atom. The van der Waals surface area contributed by atoms with Gasteiger partial charge < -0.3 is 4.74 Å². The van der Waals surface area contributed by atoms with E-state index in [0.717, 1.165) is 16.7 Å². The zero-order valence-electron chi connectivity index (χ0n) is 14.5. The van der Waals surface area contributed by atoms with Crippen LogP contribution in [0, 0.1) is 0 Å². The van der Waals surface area contributed by atoms with Crippen LogP contribution in [0.25, 0.3) is 0 Å². The van der Waals surface area contributed by atoms with Crippen molar-refractivity contribution in [2.75, 3.05) is 7.11 Å². The Balaban J connectivity index is 1.63. The number of hydrogen-bond acceptors (Lipinski definition) is 4. The van der Waals surface area contributed by atoms with Gasteiger partial charge in [-0.25, -0.2) is 13.1 Å². The molecule has 0 saturated heterocycles. The molecule has 2 aromatic carbocycles. The Morgan fingerprint density at radius 3 is 2.38 bits per heavy atom. The fourth-order valence-electron chi connectivity index (χ4n) is 2.52. The first-order valence-electron chi connectivity index (χ1n) is 8.19. The van der Waals surface area contributed by atoms with Crippen molar-refractivity contribution in [3.05, 3.63) is 83.7 Å². The molecule has 6 nitrogen and oxygen atoms in total. The average Bonchev–Trinajstić information content (AvgIpc) is 3.12. The molecule has 1 aromatic heterocycles. The highest BCUT2D eigenvalue weighted by molar-refractivity contribution is 7.89. The van der Waals surface area contributed by atoms with Gasteiger partial charge in [0.2, 0.25) is 10.0 Å². The zero-order valence-corrected chi connectivity index (χ0v) is 15.3. The topological polar surface area (TPSA) is 73.2 Å². The summed E-state index contributed by atoms with van der Waals surface area (Å²) in [7, 11) is -1.97. The Bertz CT molecular complexity index is 936. The van der Waals surface area contributed by atoms with Crippen LogP contribution >= 0.6 is 0 Å². The van der Waals surface area contributed by atoms with Gasteiger partial charge >= 0.3 is 0 Å². The van der Waals surface area contributed by atoms with Crippen molar-refractivity contribution in [3.8, 4) is 0 Å². The average molecular weight is 371 g/mol. The molecule has 26 heavy (non-hydrogen) atoms. The van der Waals surface area contributed by atoms with Crippen molar-refractivity contribution in [2.24, 2.45) is 0 Å². The maximum atomic E-state index is 12.5. The lowest BCUT2D eigenvalue weighted by Crippen LogP contribution is -2.22. The first-order valence-corrected chi connectivity index (χ1v) is 9.68. The zero-order chi connectivity index (χ0) is 18.4. The van der Waals surface area contributed by atoms with E-state index in [2.05, 4.69) is 9.82 Å². The van der Waals surface area contributed by atoms with Gasteiger partial charge in [-0.15, -0.1) is 0 Å². The van der Waals surface area contributed by atoms with Crippen LogP contribution in [0.15, 0.2) is 71.9 Å². The van der Waals surface area contributed by atoms with Crippen molar-refractivity contribution in [3.63, 3.8) is 0 Å². The second-order valence-electron chi connectivity index (χ2n) is 5.93.